The van der Waals surface area contributed by atoms with Crippen molar-refractivity contribution in [2.75, 3.05) is 19.8 Å². The molecular formula is C22H32N4O11. The summed E-state index contributed by atoms with van der Waals surface area (Å²) < 4.78 is 15.4. The Balaban J connectivity index is 2.59. The maximum absolute atomic E-state index is 12.5. The summed E-state index contributed by atoms with van der Waals surface area (Å²) in [4.78, 5) is 61.0. The molecule has 0 radical (unpaired) electrons. The average Bonchev–Trinajstić information content (AvgIpc) is 2.79. The molecule has 1 rings (SSSR count). The zero-order valence-electron chi connectivity index (χ0n) is 20.9. The molecule has 0 saturated carbocycles. The monoisotopic (exact) mass is 528 g/mol. The van der Waals surface area contributed by atoms with Gasteiger partial charge < -0.3 is 29.7 Å². The van der Waals surface area contributed by atoms with Crippen molar-refractivity contribution >= 4 is 23.8 Å². The number of benzene rings is 1. The van der Waals surface area contributed by atoms with Gasteiger partial charge in [-0.05, 0) is 65.0 Å². The number of esters is 1. The summed E-state index contributed by atoms with van der Waals surface area (Å²) in [5.41, 5.74) is -0.819. The van der Waals surface area contributed by atoms with E-state index in [2.05, 4.69) is 15.5 Å². The Hall–Kier alpha value is -4.17. The van der Waals surface area contributed by atoms with Crippen LogP contribution in [-0.2, 0) is 19.1 Å². The number of hydrogen-bond acceptors (Lipinski definition) is 11. The van der Waals surface area contributed by atoms with Crippen LogP contribution in [0.3, 0.4) is 0 Å². The van der Waals surface area contributed by atoms with E-state index in [1.165, 1.54) is 12.1 Å². The number of nitrogens with zero attached hydrogens (tertiary/aromatic N) is 2. The molecule has 37 heavy (non-hydrogen) atoms. The van der Waals surface area contributed by atoms with E-state index in [1.807, 2.05) is 0 Å². The second-order valence-corrected chi connectivity index (χ2v) is 8.69. The quantitative estimate of drug-likeness (QED) is 0.146. The maximum atomic E-state index is 12.5. The molecule has 206 valence electrons. The van der Waals surface area contributed by atoms with Crippen LogP contribution >= 0.6 is 0 Å². The molecule has 15 heteroatoms. The minimum atomic E-state index is -1.08. The third kappa shape index (κ3) is 14.7. The minimum Gasteiger partial charge on any atom is -0.464 e. The Labute approximate surface area is 213 Å². The summed E-state index contributed by atoms with van der Waals surface area (Å²) >= 11 is 0. The van der Waals surface area contributed by atoms with Gasteiger partial charge >= 0.3 is 18.2 Å². The summed E-state index contributed by atoms with van der Waals surface area (Å²) in [5.74, 6) is -0.710. The number of non-ortho nitro benzene ring substituents is 1. The molecule has 0 spiro atoms. The van der Waals surface area contributed by atoms with Gasteiger partial charge in [0.25, 0.3) is 10.8 Å². The van der Waals surface area contributed by atoms with Crippen LogP contribution in [0.15, 0.2) is 24.3 Å². The van der Waals surface area contributed by atoms with Gasteiger partial charge in [0.05, 0.1) is 18.1 Å². The fourth-order valence-corrected chi connectivity index (χ4v) is 2.76. The number of nitro groups is 1. The number of carbonyl (C=O) groups is 3. The van der Waals surface area contributed by atoms with E-state index >= 15 is 0 Å². The maximum Gasteiger partial charge on any atom is 0.413 e. The second-order valence-electron chi connectivity index (χ2n) is 8.69. The van der Waals surface area contributed by atoms with Crippen LogP contribution in [0.1, 0.15) is 52.9 Å². The van der Waals surface area contributed by atoms with Crippen molar-refractivity contribution in [3.63, 3.8) is 0 Å². The van der Waals surface area contributed by atoms with Crippen LogP contribution in [-0.4, -0.2) is 59.6 Å². The Bertz CT molecular complexity index is 916. The van der Waals surface area contributed by atoms with E-state index in [-0.39, 0.29) is 44.0 Å². The van der Waals surface area contributed by atoms with Crippen LogP contribution in [0.4, 0.5) is 15.3 Å². The molecule has 0 aliphatic carbocycles. The normalized spacial score (nSPS) is 11.5. The first-order chi connectivity index (χ1) is 17.4. The third-order valence-corrected chi connectivity index (χ3v) is 4.40. The van der Waals surface area contributed by atoms with Gasteiger partial charge in [0.15, 0.2) is 0 Å². The van der Waals surface area contributed by atoms with Crippen LogP contribution in [0.2, 0.25) is 0 Å². The van der Waals surface area contributed by atoms with Crippen LogP contribution in [0, 0.1) is 20.2 Å². The number of hydrogen-bond donors (Lipinski definition) is 2. The minimum absolute atomic E-state index is 0.0302. The first kappa shape index (κ1) is 30.9. The van der Waals surface area contributed by atoms with E-state index in [0.717, 1.165) is 12.1 Å². The molecule has 0 fully saturated rings. The number of amides is 2. The first-order valence-electron chi connectivity index (χ1n) is 11.5. The molecule has 15 nitrogen and oxygen atoms in total. The van der Waals surface area contributed by atoms with Gasteiger partial charge in [0.2, 0.25) is 0 Å². The molecule has 2 amide bonds. The SMILES string of the molecule is CC(C)(C)OC(=O)NCCCC[C@H](NC(=O)Oc1ccc([N+](=O)[O-])cc1)C(=O)OCCCCO[N+](=O)[O-]. The highest BCUT2D eigenvalue weighted by Crippen LogP contribution is 2.17. The Morgan fingerprint density at radius 3 is 2.19 bits per heavy atom. The summed E-state index contributed by atoms with van der Waals surface area (Å²) in [7, 11) is 0. The molecule has 1 aromatic carbocycles. The number of unbranched alkanes of at least 4 members (excludes halogenated alkanes) is 2. The van der Waals surface area contributed by atoms with Crippen LogP contribution in [0.5, 0.6) is 5.75 Å². The summed E-state index contributed by atoms with van der Waals surface area (Å²) in [6, 6.07) is 3.71. The van der Waals surface area contributed by atoms with E-state index in [0.29, 0.717) is 19.3 Å². The van der Waals surface area contributed by atoms with E-state index in [1.54, 1.807) is 20.8 Å². The third-order valence-electron chi connectivity index (χ3n) is 4.40. The fourth-order valence-electron chi connectivity index (χ4n) is 2.76. The topological polar surface area (TPSA) is 198 Å². The molecule has 0 heterocycles. The van der Waals surface area contributed by atoms with Gasteiger partial charge in [-0.2, -0.15) is 0 Å². The molecule has 1 atom stereocenters. The van der Waals surface area contributed by atoms with Crippen molar-refractivity contribution in [3.8, 4) is 5.75 Å². The van der Waals surface area contributed by atoms with Gasteiger partial charge in [-0.25, -0.2) is 14.4 Å². The molecule has 0 unspecified atom stereocenters. The van der Waals surface area contributed by atoms with Gasteiger partial charge in [-0.15, -0.1) is 10.1 Å². The highest BCUT2D eigenvalue weighted by atomic mass is 16.9. The number of carbonyl (C=O) groups excluding carboxylic acids is 3. The Kier molecular flexibility index (Phi) is 13.1. The van der Waals surface area contributed by atoms with Crippen molar-refractivity contribution in [1.29, 1.82) is 0 Å². The Morgan fingerprint density at radius 1 is 0.946 bits per heavy atom. The lowest BCUT2D eigenvalue weighted by molar-refractivity contribution is -0.757. The van der Waals surface area contributed by atoms with E-state index < -0.39 is 39.8 Å². The summed E-state index contributed by atoms with van der Waals surface area (Å²) in [6.45, 7) is 5.30. The van der Waals surface area contributed by atoms with Crippen LogP contribution < -0.4 is 15.4 Å². The van der Waals surface area contributed by atoms with Crippen molar-refractivity contribution in [2.24, 2.45) is 0 Å². The molecule has 0 aliphatic rings. The zero-order valence-corrected chi connectivity index (χ0v) is 20.9. The van der Waals surface area contributed by atoms with Gasteiger partial charge in [0, 0.05) is 18.7 Å². The molecule has 0 aromatic heterocycles. The fraction of sp³-hybridized carbons (Fsp3) is 0.591. The zero-order chi connectivity index (χ0) is 27.8. The van der Waals surface area contributed by atoms with Gasteiger partial charge in [0.1, 0.15) is 17.4 Å². The van der Waals surface area contributed by atoms with E-state index in [4.69, 9.17) is 14.2 Å². The number of alkyl carbamates (subject to hydrolysis) is 1. The molecule has 0 aliphatic heterocycles. The molecule has 2 N–H and O–H groups in total. The highest BCUT2D eigenvalue weighted by molar-refractivity contribution is 5.82. The summed E-state index contributed by atoms with van der Waals surface area (Å²) in [5, 5.41) is 25.0. The molecule has 1 aromatic rings. The standard InChI is InChI=1S/C22H32N4O11/c1-22(2,3)37-20(28)23-13-5-4-8-18(19(27)34-14-6-7-15-35-26(32)33)24-21(29)36-17-11-9-16(10-12-17)25(30)31/h9-12,18H,4-8,13-15H2,1-3H3,(H,23,28)(H,24,29)/t18-/m0/s1. The second kappa shape index (κ2) is 15.7. The lowest BCUT2D eigenvalue weighted by Crippen LogP contribution is -2.43. The lowest BCUT2D eigenvalue weighted by Gasteiger charge is -2.20. The summed E-state index contributed by atoms with van der Waals surface area (Å²) in [6.07, 6.45) is 0.0971. The lowest BCUT2D eigenvalue weighted by atomic mass is 10.1. The first-order valence-corrected chi connectivity index (χ1v) is 11.5. The number of ether oxygens (including phenoxy) is 3. The Morgan fingerprint density at radius 2 is 1.59 bits per heavy atom. The predicted molar refractivity (Wildman–Crippen MR) is 127 cm³/mol. The smallest absolute Gasteiger partial charge is 0.413 e. The van der Waals surface area contributed by atoms with Crippen LogP contribution in [0.25, 0.3) is 0 Å². The van der Waals surface area contributed by atoms with E-state index in [9.17, 15) is 34.6 Å². The van der Waals surface area contributed by atoms with Gasteiger partial charge in [-0.3, -0.25) is 10.1 Å². The number of nitro benzene ring substituents is 1. The average molecular weight is 529 g/mol. The largest absolute Gasteiger partial charge is 0.464 e. The van der Waals surface area contributed by atoms with Crippen molar-refractivity contribution < 1.29 is 43.4 Å². The number of rotatable bonds is 15. The van der Waals surface area contributed by atoms with Crippen molar-refractivity contribution in [3.05, 3.63) is 44.5 Å². The number of nitrogens with one attached hydrogen (secondary N) is 2. The van der Waals surface area contributed by atoms with Crippen molar-refractivity contribution in [2.45, 2.75) is 64.5 Å². The molecule has 0 saturated heterocycles. The predicted octanol–water partition coefficient (Wildman–Crippen LogP) is 3.28. The molecule has 0 bridgehead atoms. The highest BCUT2D eigenvalue weighted by Gasteiger charge is 2.23. The van der Waals surface area contributed by atoms with Crippen molar-refractivity contribution in [1.82, 2.24) is 10.6 Å². The van der Waals surface area contributed by atoms with Gasteiger partial charge in [-0.1, -0.05) is 0 Å². The molecular weight excluding hydrogens is 496 g/mol.